The lowest BCUT2D eigenvalue weighted by Crippen LogP contribution is -2.08. The van der Waals surface area contributed by atoms with Crippen molar-refractivity contribution < 1.29 is 66.5 Å². The number of rotatable bonds is 19. The van der Waals surface area contributed by atoms with E-state index in [9.17, 15) is 62.3 Å². The zero-order valence-electron chi connectivity index (χ0n) is 38.9. The molecule has 31 heteroatoms. The van der Waals surface area contributed by atoms with Gasteiger partial charge in [-0.05, 0) is 80.5 Å². The predicted octanol–water partition coefficient (Wildman–Crippen LogP) is 10.2. The molecule has 0 spiro atoms. The normalized spacial score (nSPS) is 12.9. The zero-order valence-corrected chi connectivity index (χ0v) is 43.8. The lowest BCUT2D eigenvalue weighted by Gasteiger charge is -2.12. The van der Waals surface area contributed by atoms with E-state index in [2.05, 4.69) is 46.7 Å². The summed E-state index contributed by atoms with van der Waals surface area (Å²) in [6.45, 7) is 3.01. The third-order valence-corrected chi connectivity index (χ3v) is 16.4. The molecule has 25 nitrogen and oxygen atoms in total. The number of azo groups is 3. The van der Waals surface area contributed by atoms with Gasteiger partial charge in [-0.2, -0.15) is 44.0 Å². The highest BCUT2D eigenvalue weighted by molar-refractivity contribution is 7.99. The van der Waals surface area contributed by atoms with Crippen LogP contribution in [0.2, 0.25) is 0 Å². The molecule has 8 aromatic rings. The molecule has 0 fully saturated rings. The number of nitriles is 1. The molecule has 3 aromatic heterocycles. The largest absolute Gasteiger partial charge is 0.494 e. The van der Waals surface area contributed by atoms with Gasteiger partial charge in [0, 0.05) is 33.4 Å². The maximum absolute atomic E-state index is 12.3. The molecule has 0 atom stereocenters. The first-order valence-electron chi connectivity index (χ1n) is 21.5. The molecule has 390 valence electrons. The van der Waals surface area contributed by atoms with Crippen LogP contribution in [-0.2, 0) is 40.5 Å². The molecule has 8 rings (SSSR count). The Morgan fingerprint density at radius 1 is 0.720 bits per heavy atom. The number of thioether (sulfide) groups is 1. The first kappa shape index (κ1) is 54.2. The van der Waals surface area contributed by atoms with Crippen LogP contribution in [0.3, 0.4) is 0 Å². The number of benzene rings is 5. The first-order chi connectivity index (χ1) is 35.3. The number of hydrogen-bond donors (Lipinski definition) is 5. The molecule has 75 heavy (non-hydrogen) atoms. The second-order valence-electron chi connectivity index (χ2n) is 16.1. The minimum atomic E-state index is -4.97. The van der Waals surface area contributed by atoms with E-state index >= 15 is 0 Å². The lowest BCUT2D eigenvalue weighted by molar-refractivity contribution is 0.317. The quantitative estimate of drug-likeness (QED) is 0.0217. The van der Waals surface area contributed by atoms with Crippen LogP contribution in [0.1, 0.15) is 29.5 Å². The number of fused-ring (bicyclic) bond motifs is 6. The van der Waals surface area contributed by atoms with Gasteiger partial charge in [-0.3, -0.25) is 22.6 Å². The topological polar surface area (TPSA) is 384 Å². The average molecular weight is 1140 g/mol. The molecule has 0 aliphatic carbocycles. The molecular formula is C44H38N10O15S6. The molecular weight excluding hydrogens is 1100 g/mol. The van der Waals surface area contributed by atoms with Crippen LogP contribution < -0.4 is 9.47 Å². The Balaban J connectivity index is 1.17. The number of para-hydroxylation sites is 2. The molecule has 0 radical (unpaired) electrons. The van der Waals surface area contributed by atoms with Gasteiger partial charge in [0.05, 0.1) is 57.1 Å². The van der Waals surface area contributed by atoms with Crippen molar-refractivity contribution in [1.29, 1.82) is 5.26 Å². The highest BCUT2D eigenvalue weighted by Gasteiger charge is 2.24. The number of hydrogen-bond acceptors (Lipinski definition) is 22. The minimum Gasteiger partial charge on any atom is -0.494 e. The maximum Gasteiger partial charge on any atom is 0.295 e. The summed E-state index contributed by atoms with van der Waals surface area (Å²) < 4.78 is 146. The molecule has 5 N–H and O–H groups in total. The molecule has 0 saturated carbocycles. The van der Waals surface area contributed by atoms with E-state index in [1.165, 1.54) is 47.9 Å². The fraction of sp³-hybridized carbons (Fsp3) is 0.205. The zero-order chi connectivity index (χ0) is 54.2. The predicted molar refractivity (Wildman–Crippen MR) is 276 cm³/mol. The van der Waals surface area contributed by atoms with Crippen LogP contribution in [0.15, 0.2) is 118 Å². The van der Waals surface area contributed by atoms with E-state index < -0.39 is 61.8 Å². The molecule has 0 aliphatic heterocycles. The number of aromatic hydroxyl groups is 1. The van der Waals surface area contributed by atoms with Crippen molar-refractivity contribution in [3.8, 4) is 23.4 Å². The molecule has 0 amide bonds. The summed E-state index contributed by atoms with van der Waals surface area (Å²) >= 11 is 1.99. The summed E-state index contributed by atoms with van der Waals surface area (Å²) in [6.07, 6.45) is -0.125. The van der Waals surface area contributed by atoms with Crippen molar-refractivity contribution in [2.45, 2.75) is 41.4 Å². The van der Waals surface area contributed by atoms with Crippen LogP contribution >= 0.6 is 23.1 Å². The van der Waals surface area contributed by atoms with Crippen LogP contribution in [0.5, 0.6) is 17.4 Å². The van der Waals surface area contributed by atoms with Crippen molar-refractivity contribution in [1.82, 2.24) is 14.4 Å². The number of thiazole rings is 1. The third kappa shape index (κ3) is 12.2. The molecule has 0 saturated heterocycles. The van der Waals surface area contributed by atoms with Gasteiger partial charge in [-0.1, -0.05) is 29.5 Å². The SMILES string of the molecule is COc1cc(N=Nc2cc(OCCCS(=O)(=O)O)c(N=Nc3c(C)c(C#N)c4nc5ccccc5n4c3O)cc2C)c(SCCCS(=O)(=O)O)cc1N=Nc1nc2ccc3c(S(=O)(=O)O)cc(S(=O)(=O)O)cc3c2s1. The molecule has 0 bridgehead atoms. The monoisotopic (exact) mass is 1140 g/mol. The highest BCUT2D eigenvalue weighted by atomic mass is 32.2. The van der Waals surface area contributed by atoms with Gasteiger partial charge in [-0.25, -0.2) is 9.97 Å². The second kappa shape index (κ2) is 21.2. The first-order valence-corrected chi connectivity index (χ1v) is 29.4. The molecule has 0 unspecified atom stereocenters. The van der Waals surface area contributed by atoms with E-state index in [0.29, 0.717) is 27.6 Å². The van der Waals surface area contributed by atoms with Crippen molar-refractivity contribution in [3.05, 3.63) is 89.5 Å². The second-order valence-corrected chi connectivity index (χ2v) is 24.2. The Hall–Kier alpha value is -7.12. The Bertz CT molecular complexity index is 4250. The summed E-state index contributed by atoms with van der Waals surface area (Å²) in [5, 5.41) is 47.8. The minimum absolute atomic E-state index is 0.00227. The Labute approximate surface area is 434 Å². The third-order valence-electron chi connectivity index (χ3n) is 10.9. The van der Waals surface area contributed by atoms with Gasteiger partial charge >= 0.3 is 0 Å². The summed E-state index contributed by atoms with van der Waals surface area (Å²) in [5.74, 6) is -1.25. The number of ether oxygens (including phenoxy) is 2. The van der Waals surface area contributed by atoms with Crippen molar-refractivity contribution in [3.63, 3.8) is 0 Å². The average Bonchev–Trinajstić information content (AvgIpc) is 3.94. The summed E-state index contributed by atoms with van der Waals surface area (Å²) in [5.41, 5.74) is 2.86. The van der Waals surface area contributed by atoms with E-state index in [4.69, 9.17) is 9.47 Å². The summed E-state index contributed by atoms with van der Waals surface area (Å²) in [4.78, 5) is 7.73. The lowest BCUT2D eigenvalue weighted by atomic mass is 10.1. The van der Waals surface area contributed by atoms with Gasteiger partial charge in [0.25, 0.3) is 40.5 Å². The Morgan fingerprint density at radius 3 is 2.08 bits per heavy atom. The van der Waals surface area contributed by atoms with E-state index in [0.717, 1.165) is 29.2 Å². The van der Waals surface area contributed by atoms with Gasteiger partial charge in [0.2, 0.25) is 11.0 Å². The number of aryl methyl sites for hydroxylation is 1. The van der Waals surface area contributed by atoms with E-state index in [1.807, 2.05) is 0 Å². The molecule has 5 aromatic carbocycles. The fourth-order valence-corrected chi connectivity index (χ4v) is 11.8. The van der Waals surface area contributed by atoms with Gasteiger partial charge < -0.3 is 14.6 Å². The number of nitrogens with zero attached hydrogens (tertiary/aromatic N) is 10. The van der Waals surface area contributed by atoms with Crippen molar-refractivity contribution in [2.24, 2.45) is 30.7 Å². The van der Waals surface area contributed by atoms with Gasteiger partial charge in [-0.15, -0.1) is 37.3 Å². The number of pyridine rings is 1. The van der Waals surface area contributed by atoms with E-state index in [-0.39, 0.29) is 114 Å². The fourth-order valence-electron chi connectivity index (χ4n) is 7.47. The maximum atomic E-state index is 12.3. The van der Waals surface area contributed by atoms with Gasteiger partial charge in [0.1, 0.15) is 45.1 Å². The Kier molecular flexibility index (Phi) is 15.3. The summed E-state index contributed by atoms with van der Waals surface area (Å²) in [7, 11) is -17.2. The van der Waals surface area contributed by atoms with Crippen molar-refractivity contribution >= 4 is 135 Å². The Morgan fingerprint density at radius 2 is 1.39 bits per heavy atom. The standard InChI is InChI=1S/C44H38N10O15S6/c1-23-16-32(49-52-40-24(2)28(22-45)42-46-29-8-4-5-9-35(29)54(42)43(40)55)37(69-12-6-14-72(56,57)58)19-31(23)48-51-34-20-36(68-3)33(21-38(34)70-13-7-15-73(59,60)61)50-53-44-47-30-11-10-26-27(41(30)71-44)17-25(74(62,63)64)18-39(26)75(65,66)67/h4-5,8-11,16-21,55H,6-7,12-15H2,1-3H3,(H,56,57,58)(H,59,60,61)(H,62,63,64)(H,65,66,67). The van der Waals surface area contributed by atoms with Gasteiger partial charge in [0.15, 0.2) is 11.3 Å². The van der Waals surface area contributed by atoms with Crippen LogP contribution in [0, 0.1) is 25.2 Å². The number of aromatic nitrogens is 3. The number of imidazole rings is 1. The number of methoxy groups -OCH3 is 1. The molecule has 0 aliphatic rings. The summed E-state index contributed by atoms with van der Waals surface area (Å²) in [6, 6.07) is 19.4. The molecule has 3 heterocycles. The highest BCUT2D eigenvalue weighted by Crippen LogP contribution is 2.45. The smallest absolute Gasteiger partial charge is 0.295 e. The van der Waals surface area contributed by atoms with Crippen LogP contribution in [-0.4, -0.2) is 102 Å². The van der Waals surface area contributed by atoms with Crippen molar-refractivity contribution in [2.75, 3.05) is 31.0 Å². The van der Waals surface area contributed by atoms with Crippen LogP contribution in [0.25, 0.3) is 37.7 Å². The van der Waals surface area contributed by atoms with Crippen LogP contribution in [0.4, 0.5) is 33.6 Å². The van der Waals surface area contributed by atoms with E-state index in [1.54, 1.807) is 38.1 Å².